The van der Waals surface area contributed by atoms with Gasteiger partial charge in [-0.15, -0.1) is 0 Å². The van der Waals surface area contributed by atoms with Crippen LogP contribution in [0.4, 0.5) is 13.2 Å². The molecule has 1 unspecified atom stereocenters. The van der Waals surface area contributed by atoms with Crippen LogP contribution < -0.4 is 0 Å². The molecule has 30 heavy (non-hydrogen) atoms. The van der Waals surface area contributed by atoms with Gasteiger partial charge in [0.1, 0.15) is 0 Å². The van der Waals surface area contributed by atoms with Crippen molar-refractivity contribution in [1.82, 2.24) is 23.3 Å². The number of halogens is 3. The Balaban J connectivity index is 0.000000396. The average Bonchev–Trinajstić information content (AvgIpc) is 3.15. The zero-order valence-corrected chi connectivity index (χ0v) is 17.9. The largest absolute Gasteiger partial charge is 0.490 e. The lowest BCUT2D eigenvalue weighted by molar-refractivity contribution is -0.192. The number of piperidine rings is 1. The van der Waals surface area contributed by atoms with E-state index in [0.29, 0.717) is 13.1 Å². The monoisotopic (exact) mass is 455 g/mol. The van der Waals surface area contributed by atoms with E-state index in [0.717, 1.165) is 18.7 Å². The molecule has 13 heteroatoms. The molecule has 0 amide bonds. The number of carbonyl (C=O) groups is 1. The van der Waals surface area contributed by atoms with Crippen LogP contribution in [0.2, 0.25) is 0 Å². The third kappa shape index (κ3) is 6.40. The number of carboxylic acids is 1. The van der Waals surface area contributed by atoms with Gasteiger partial charge in [0.2, 0.25) is 0 Å². The summed E-state index contributed by atoms with van der Waals surface area (Å²) in [5.41, 5.74) is 0.977. The fourth-order valence-electron chi connectivity index (χ4n) is 3.49. The lowest BCUT2D eigenvalue weighted by Crippen LogP contribution is -2.46. The van der Waals surface area contributed by atoms with Gasteiger partial charge in [-0.1, -0.05) is 6.42 Å². The standard InChI is InChI=1S/C15H27N5O2S.C2HF3O2/c1-17(2)23(21,22)19-12-14-6-8-16-20(14)15(13-19)7-11-18-9-4-3-5-10-18;3-2(4,5)1(6)7/h6,8,15H,3-5,7,9-13H2,1-2H3;(H,6,7). The summed E-state index contributed by atoms with van der Waals surface area (Å²) in [7, 11) is -0.210. The molecule has 0 spiro atoms. The minimum absolute atomic E-state index is 0.116. The molecule has 1 fully saturated rings. The zero-order chi connectivity index (χ0) is 22.5. The van der Waals surface area contributed by atoms with E-state index in [4.69, 9.17) is 9.90 Å². The van der Waals surface area contributed by atoms with Crippen molar-refractivity contribution in [3.05, 3.63) is 18.0 Å². The quantitative estimate of drug-likeness (QED) is 0.724. The number of hydrogen-bond donors (Lipinski definition) is 1. The highest BCUT2D eigenvalue weighted by molar-refractivity contribution is 7.86. The van der Waals surface area contributed by atoms with Crippen molar-refractivity contribution in [2.45, 2.75) is 44.4 Å². The molecule has 0 saturated carbocycles. The predicted octanol–water partition coefficient (Wildman–Crippen LogP) is 1.56. The van der Waals surface area contributed by atoms with Gasteiger partial charge in [-0.2, -0.15) is 35.3 Å². The number of carboxylic acid groups (broad SMARTS) is 1. The number of nitrogens with zero attached hydrogens (tertiary/aromatic N) is 5. The molecule has 0 aliphatic carbocycles. The molecule has 1 saturated heterocycles. The zero-order valence-electron chi connectivity index (χ0n) is 17.0. The third-order valence-corrected chi connectivity index (χ3v) is 6.96. The summed E-state index contributed by atoms with van der Waals surface area (Å²) in [5, 5.41) is 11.6. The van der Waals surface area contributed by atoms with Crippen molar-refractivity contribution in [3.63, 3.8) is 0 Å². The molecule has 2 aliphatic rings. The van der Waals surface area contributed by atoms with E-state index in [9.17, 15) is 21.6 Å². The van der Waals surface area contributed by atoms with Crippen LogP contribution in [0.15, 0.2) is 12.3 Å². The van der Waals surface area contributed by atoms with Crippen LogP contribution in [0, 0.1) is 0 Å². The minimum atomic E-state index is -5.08. The predicted molar refractivity (Wildman–Crippen MR) is 103 cm³/mol. The van der Waals surface area contributed by atoms with Crippen LogP contribution in [0.1, 0.15) is 37.4 Å². The van der Waals surface area contributed by atoms with E-state index in [1.165, 1.54) is 36.7 Å². The summed E-state index contributed by atoms with van der Waals surface area (Å²) in [6.07, 6.45) is 1.51. The van der Waals surface area contributed by atoms with Crippen molar-refractivity contribution in [1.29, 1.82) is 0 Å². The third-order valence-electron chi connectivity index (χ3n) is 5.11. The van der Waals surface area contributed by atoms with Gasteiger partial charge in [-0.3, -0.25) is 4.68 Å². The van der Waals surface area contributed by atoms with Gasteiger partial charge in [0.05, 0.1) is 18.3 Å². The van der Waals surface area contributed by atoms with E-state index in [1.807, 2.05) is 10.7 Å². The maximum atomic E-state index is 12.5. The van der Waals surface area contributed by atoms with Gasteiger partial charge in [-0.05, 0) is 38.4 Å². The van der Waals surface area contributed by atoms with Crippen LogP contribution in [-0.4, -0.2) is 89.2 Å². The van der Waals surface area contributed by atoms with Crippen LogP contribution >= 0.6 is 0 Å². The normalized spacial score (nSPS) is 21.1. The maximum absolute atomic E-state index is 12.5. The summed E-state index contributed by atoms with van der Waals surface area (Å²) in [6.45, 7) is 4.25. The number of aliphatic carboxylic acids is 1. The Labute approximate surface area is 174 Å². The van der Waals surface area contributed by atoms with Crippen molar-refractivity contribution >= 4 is 16.2 Å². The Morgan fingerprint density at radius 2 is 1.87 bits per heavy atom. The van der Waals surface area contributed by atoms with Gasteiger partial charge < -0.3 is 10.0 Å². The highest BCUT2D eigenvalue weighted by Crippen LogP contribution is 2.26. The first-order valence-corrected chi connectivity index (χ1v) is 11.0. The molecule has 9 nitrogen and oxygen atoms in total. The van der Waals surface area contributed by atoms with Crippen molar-refractivity contribution in [2.75, 3.05) is 40.3 Å². The Morgan fingerprint density at radius 1 is 1.27 bits per heavy atom. The number of rotatable bonds is 5. The average molecular weight is 456 g/mol. The fourth-order valence-corrected chi connectivity index (χ4v) is 4.61. The van der Waals surface area contributed by atoms with E-state index >= 15 is 0 Å². The van der Waals surface area contributed by atoms with Gasteiger partial charge in [0.25, 0.3) is 10.2 Å². The van der Waals surface area contributed by atoms with Crippen LogP contribution in [0.5, 0.6) is 0 Å². The Bertz CT molecular complexity index is 807. The van der Waals surface area contributed by atoms with Crippen molar-refractivity contribution < 1.29 is 31.5 Å². The lowest BCUT2D eigenvalue weighted by Gasteiger charge is -2.35. The second-order valence-corrected chi connectivity index (χ2v) is 9.64. The number of aromatic nitrogens is 2. The SMILES string of the molecule is CN(C)S(=O)(=O)N1Cc2ccnn2C(CCN2CCCCC2)C1.O=C(O)C(F)(F)F. The number of likely N-dealkylation sites (tertiary alicyclic amines) is 1. The molecule has 3 heterocycles. The number of hydrogen-bond acceptors (Lipinski definition) is 5. The summed E-state index contributed by atoms with van der Waals surface area (Å²) >= 11 is 0. The molecule has 1 aromatic heterocycles. The minimum Gasteiger partial charge on any atom is -0.475 e. The summed E-state index contributed by atoms with van der Waals surface area (Å²) < 4.78 is 61.6. The molecular weight excluding hydrogens is 427 g/mol. The molecule has 0 radical (unpaired) electrons. The first-order valence-electron chi connectivity index (χ1n) is 9.65. The van der Waals surface area contributed by atoms with Gasteiger partial charge >= 0.3 is 12.1 Å². The molecular formula is C17H28F3N5O4S. The molecule has 0 bridgehead atoms. The summed E-state index contributed by atoms with van der Waals surface area (Å²) in [4.78, 5) is 11.4. The second-order valence-electron chi connectivity index (χ2n) is 7.50. The fraction of sp³-hybridized carbons (Fsp3) is 0.765. The summed E-state index contributed by atoms with van der Waals surface area (Å²) in [5.74, 6) is -2.76. The Hall–Kier alpha value is -1.70. The Morgan fingerprint density at radius 3 is 2.40 bits per heavy atom. The van der Waals surface area contributed by atoms with E-state index in [2.05, 4.69) is 10.00 Å². The molecule has 1 atom stereocenters. The molecule has 3 rings (SSSR count). The van der Waals surface area contributed by atoms with E-state index in [1.54, 1.807) is 24.6 Å². The van der Waals surface area contributed by atoms with Gasteiger partial charge in [0.15, 0.2) is 0 Å². The molecule has 2 aliphatic heterocycles. The molecule has 1 N–H and O–H groups in total. The van der Waals surface area contributed by atoms with Gasteiger partial charge in [-0.25, -0.2) is 4.79 Å². The van der Waals surface area contributed by atoms with Gasteiger partial charge in [0, 0.05) is 33.4 Å². The van der Waals surface area contributed by atoms with Crippen LogP contribution in [-0.2, 0) is 21.5 Å². The highest BCUT2D eigenvalue weighted by atomic mass is 32.2. The first-order chi connectivity index (χ1) is 13.9. The first kappa shape index (κ1) is 24.6. The Kier molecular flexibility index (Phi) is 8.25. The smallest absolute Gasteiger partial charge is 0.475 e. The number of fused-ring (bicyclic) bond motifs is 1. The highest BCUT2D eigenvalue weighted by Gasteiger charge is 2.38. The number of alkyl halides is 3. The van der Waals surface area contributed by atoms with Crippen molar-refractivity contribution in [2.24, 2.45) is 0 Å². The van der Waals surface area contributed by atoms with E-state index < -0.39 is 22.4 Å². The molecule has 172 valence electrons. The molecule has 0 aromatic carbocycles. The van der Waals surface area contributed by atoms with Crippen LogP contribution in [0.3, 0.4) is 0 Å². The maximum Gasteiger partial charge on any atom is 0.490 e. The second kappa shape index (κ2) is 10.1. The topological polar surface area (TPSA) is 99.0 Å². The lowest BCUT2D eigenvalue weighted by atomic mass is 10.1. The molecule has 1 aromatic rings. The van der Waals surface area contributed by atoms with Crippen LogP contribution in [0.25, 0.3) is 0 Å². The summed E-state index contributed by atoms with van der Waals surface area (Å²) in [6, 6.07) is 2.04. The van der Waals surface area contributed by atoms with Crippen molar-refractivity contribution in [3.8, 4) is 0 Å². The van der Waals surface area contributed by atoms with E-state index in [-0.39, 0.29) is 6.04 Å².